The van der Waals surface area contributed by atoms with E-state index in [1.54, 1.807) is 19.1 Å². The zero-order valence-corrected chi connectivity index (χ0v) is 18.5. The molecular weight excluding hydrogens is 441 g/mol. The molecule has 0 aliphatic carbocycles. The molecule has 1 aliphatic heterocycles. The number of hydrogen-bond acceptors (Lipinski definition) is 4. The summed E-state index contributed by atoms with van der Waals surface area (Å²) in [6.07, 6.45) is 0.608. The van der Waals surface area contributed by atoms with Gasteiger partial charge in [-0.25, -0.2) is 4.79 Å². The molecule has 2 aromatic carbocycles. The van der Waals surface area contributed by atoms with Crippen molar-refractivity contribution in [3.8, 4) is 0 Å². The lowest BCUT2D eigenvalue weighted by Gasteiger charge is -2.23. The van der Waals surface area contributed by atoms with Gasteiger partial charge in [-0.15, -0.1) is 0 Å². The summed E-state index contributed by atoms with van der Waals surface area (Å²) in [7, 11) is 0. The second kappa shape index (κ2) is 10.1. The van der Waals surface area contributed by atoms with Crippen LogP contribution in [0.5, 0.6) is 0 Å². The average molecular weight is 464 g/mol. The first kappa shape index (κ1) is 23.1. The van der Waals surface area contributed by atoms with Crippen LogP contribution in [-0.4, -0.2) is 42.4 Å². The van der Waals surface area contributed by atoms with E-state index in [4.69, 9.17) is 27.9 Å². The van der Waals surface area contributed by atoms with E-state index in [0.29, 0.717) is 36.8 Å². The molecule has 164 valence electrons. The highest BCUT2D eigenvalue weighted by Gasteiger charge is 2.50. The lowest BCUT2D eigenvalue weighted by Crippen LogP contribution is -2.43. The van der Waals surface area contributed by atoms with E-state index in [0.717, 1.165) is 10.5 Å². The molecule has 2 aromatic rings. The summed E-state index contributed by atoms with van der Waals surface area (Å²) in [6, 6.07) is 13.8. The van der Waals surface area contributed by atoms with Crippen molar-refractivity contribution in [2.75, 3.05) is 19.7 Å². The minimum absolute atomic E-state index is 0.255. The molecule has 0 bridgehead atoms. The number of ether oxygens (including phenoxy) is 1. The van der Waals surface area contributed by atoms with Crippen molar-refractivity contribution in [1.29, 1.82) is 0 Å². The Bertz CT molecular complexity index is 970. The van der Waals surface area contributed by atoms with Gasteiger partial charge in [0, 0.05) is 28.8 Å². The van der Waals surface area contributed by atoms with Gasteiger partial charge in [-0.05, 0) is 31.0 Å². The Kier molecular flexibility index (Phi) is 7.54. The van der Waals surface area contributed by atoms with Crippen molar-refractivity contribution >= 4 is 41.0 Å². The van der Waals surface area contributed by atoms with E-state index in [2.05, 4.69) is 10.6 Å². The van der Waals surface area contributed by atoms with Crippen LogP contribution in [0.25, 0.3) is 0 Å². The average Bonchev–Trinajstić information content (AvgIpc) is 2.95. The Morgan fingerprint density at radius 3 is 2.61 bits per heavy atom. The summed E-state index contributed by atoms with van der Waals surface area (Å²) < 4.78 is 5.56. The summed E-state index contributed by atoms with van der Waals surface area (Å²) >= 11 is 12.1. The van der Waals surface area contributed by atoms with E-state index >= 15 is 0 Å². The van der Waals surface area contributed by atoms with Crippen molar-refractivity contribution in [2.24, 2.45) is 0 Å². The fraction of sp³-hybridized carbons (Fsp3) is 0.318. The van der Waals surface area contributed by atoms with Gasteiger partial charge in [-0.1, -0.05) is 59.6 Å². The van der Waals surface area contributed by atoms with Crippen molar-refractivity contribution < 1.29 is 19.1 Å². The maximum absolute atomic E-state index is 12.9. The Morgan fingerprint density at radius 1 is 1.16 bits per heavy atom. The van der Waals surface area contributed by atoms with Gasteiger partial charge in [0.15, 0.2) is 0 Å². The molecule has 0 aromatic heterocycles. The maximum Gasteiger partial charge on any atom is 0.325 e. The van der Waals surface area contributed by atoms with Crippen molar-refractivity contribution in [3.63, 3.8) is 0 Å². The highest BCUT2D eigenvalue weighted by molar-refractivity contribution is 6.35. The number of amides is 4. The fourth-order valence-electron chi connectivity index (χ4n) is 3.28. The van der Waals surface area contributed by atoms with Gasteiger partial charge >= 0.3 is 6.03 Å². The van der Waals surface area contributed by atoms with Crippen LogP contribution in [-0.2, 0) is 26.5 Å². The molecule has 1 unspecified atom stereocenters. The highest BCUT2D eigenvalue weighted by atomic mass is 35.5. The molecule has 1 heterocycles. The molecule has 1 atom stereocenters. The number of benzene rings is 2. The van der Waals surface area contributed by atoms with Gasteiger partial charge in [-0.3, -0.25) is 14.5 Å². The van der Waals surface area contributed by atoms with Gasteiger partial charge in [-0.2, -0.15) is 0 Å². The Hall–Kier alpha value is -2.61. The molecule has 0 spiro atoms. The van der Waals surface area contributed by atoms with Crippen LogP contribution < -0.4 is 10.6 Å². The number of carbonyl (C=O) groups is 3. The molecule has 7 nitrogen and oxygen atoms in total. The van der Waals surface area contributed by atoms with Crippen molar-refractivity contribution in [3.05, 3.63) is 69.7 Å². The molecule has 3 rings (SSSR count). The van der Waals surface area contributed by atoms with Crippen molar-refractivity contribution in [2.45, 2.75) is 25.5 Å². The van der Waals surface area contributed by atoms with Gasteiger partial charge in [0.1, 0.15) is 12.1 Å². The molecule has 31 heavy (non-hydrogen) atoms. The molecule has 2 N–H and O–H groups in total. The smallest absolute Gasteiger partial charge is 0.325 e. The summed E-state index contributed by atoms with van der Waals surface area (Å²) in [5, 5.41) is 5.99. The topological polar surface area (TPSA) is 87.7 Å². The van der Waals surface area contributed by atoms with Crippen LogP contribution >= 0.6 is 23.2 Å². The van der Waals surface area contributed by atoms with Crippen LogP contribution in [0.1, 0.15) is 24.5 Å². The number of hydrogen-bond donors (Lipinski definition) is 2. The molecule has 0 saturated carbocycles. The third-order valence-corrected chi connectivity index (χ3v) is 5.49. The molecule has 1 aliphatic rings. The quantitative estimate of drug-likeness (QED) is 0.440. The lowest BCUT2D eigenvalue weighted by atomic mass is 9.92. The number of carbonyl (C=O) groups excluding carboxylic acids is 3. The van der Waals surface area contributed by atoms with Crippen LogP contribution in [0, 0.1) is 0 Å². The Balaban J connectivity index is 1.46. The number of nitrogens with one attached hydrogen (secondary N) is 2. The molecule has 1 saturated heterocycles. The van der Waals surface area contributed by atoms with E-state index in [1.807, 2.05) is 30.3 Å². The fourth-order valence-corrected chi connectivity index (χ4v) is 3.88. The maximum atomic E-state index is 12.9. The number of imide groups is 1. The first-order chi connectivity index (χ1) is 14.8. The molecular formula is C22H23Cl2N3O4. The van der Waals surface area contributed by atoms with Crippen LogP contribution in [0.15, 0.2) is 48.5 Å². The van der Waals surface area contributed by atoms with Gasteiger partial charge < -0.3 is 15.4 Å². The van der Waals surface area contributed by atoms with Crippen molar-refractivity contribution in [1.82, 2.24) is 15.5 Å². The second-order valence-corrected chi connectivity index (χ2v) is 8.16. The van der Waals surface area contributed by atoms with E-state index in [-0.39, 0.29) is 11.6 Å². The van der Waals surface area contributed by atoms with Crippen LogP contribution in [0.3, 0.4) is 0 Å². The number of nitrogens with zero attached hydrogens (tertiary/aromatic N) is 1. The largest absolute Gasteiger partial charge is 0.377 e. The van der Waals surface area contributed by atoms with Gasteiger partial charge in [0.2, 0.25) is 5.91 Å². The normalized spacial score (nSPS) is 18.2. The highest BCUT2D eigenvalue weighted by Crippen LogP contribution is 2.34. The van der Waals surface area contributed by atoms with Gasteiger partial charge in [0.25, 0.3) is 5.91 Å². The van der Waals surface area contributed by atoms with Gasteiger partial charge in [0.05, 0.1) is 6.61 Å². The zero-order valence-electron chi connectivity index (χ0n) is 17.0. The molecule has 1 fully saturated rings. The molecule has 0 radical (unpaired) electrons. The third-order valence-electron chi connectivity index (χ3n) is 4.95. The first-order valence-corrected chi connectivity index (χ1v) is 10.5. The van der Waals surface area contributed by atoms with E-state index in [1.165, 1.54) is 6.07 Å². The predicted octanol–water partition coefficient (Wildman–Crippen LogP) is 3.48. The third kappa shape index (κ3) is 5.55. The first-order valence-electron chi connectivity index (χ1n) is 9.79. The summed E-state index contributed by atoms with van der Waals surface area (Å²) in [5.41, 5.74) is 0.119. The Morgan fingerprint density at radius 2 is 1.90 bits per heavy atom. The van der Waals surface area contributed by atoms with E-state index < -0.39 is 23.4 Å². The minimum Gasteiger partial charge on any atom is -0.377 e. The summed E-state index contributed by atoms with van der Waals surface area (Å²) in [5.74, 6) is -0.985. The van der Waals surface area contributed by atoms with Crippen LogP contribution in [0.4, 0.5) is 4.79 Å². The monoisotopic (exact) mass is 463 g/mol. The minimum atomic E-state index is -1.37. The Labute approximate surface area is 190 Å². The lowest BCUT2D eigenvalue weighted by molar-refractivity contribution is -0.134. The second-order valence-electron chi connectivity index (χ2n) is 7.31. The standard InChI is InChI=1S/C22H23Cl2N3O4/c1-22(17-9-8-16(23)12-18(17)24)20(29)27(21(30)26-22)13-19(28)25-10-5-11-31-14-15-6-3-2-4-7-15/h2-4,6-9,12H,5,10-11,13-14H2,1H3,(H,25,28)(H,26,30). The molecule has 9 heteroatoms. The predicted molar refractivity (Wildman–Crippen MR) is 118 cm³/mol. The zero-order chi connectivity index (χ0) is 22.4. The summed E-state index contributed by atoms with van der Waals surface area (Å²) in [4.78, 5) is 38.4. The van der Waals surface area contributed by atoms with Crippen LogP contribution in [0.2, 0.25) is 10.0 Å². The van der Waals surface area contributed by atoms with E-state index in [9.17, 15) is 14.4 Å². The summed E-state index contributed by atoms with van der Waals surface area (Å²) in [6.45, 7) is 2.52. The molecule has 4 amide bonds. The SMILES string of the molecule is CC1(c2ccc(Cl)cc2Cl)NC(=O)N(CC(=O)NCCCOCc2ccccc2)C1=O. The number of rotatable bonds is 9. The number of halogens is 2. The number of urea groups is 1.